The van der Waals surface area contributed by atoms with E-state index >= 15 is 0 Å². The van der Waals surface area contributed by atoms with Crippen LogP contribution in [0.1, 0.15) is 23.2 Å². The van der Waals surface area contributed by atoms with E-state index in [2.05, 4.69) is 26.6 Å². The molecule has 1 aromatic carbocycles. The summed E-state index contributed by atoms with van der Waals surface area (Å²) in [7, 11) is 0. The van der Waals surface area contributed by atoms with Crippen molar-refractivity contribution in [3.8, 4) is 11.4 Å². The van der Waals surface area contributed by atoms with Crippen LogP contribution in [-0.4, -0.2) is 46.5 Å². The van der Waals surface area contributed by atoms with E-state index in [0.29, 0.717) is 30.8 Å². The van der Waals surface area contributed by atoms with Gasteiger partial charge in [-0.3, -0.25) is 9.59 Å². The van der Waals surface area contributed by atoms with E-state index < -0.39 is 12.1 Å². The molecule has 2 amide bonds. The Labute approximate surface area is 158 Å². The third-order valence-corrected chi connectivity index (χ3v) is 4.38. The average Bonchev–Trinajstić information content (AvgIpc) is 3.14. The molecular weight excluding hydrogens is 377 g/mol. The smallest absolute Gasteiger partial charge is 0.351 e. The quantitative estimate of drug-likeness (QED) is 0.788. The molecule has 7 nitrogen and oxygen atoms in total. The highest BCUT2D eigenvalue weighted by Gasteiger charge is 2.40. The molecule has 28 heavy (non-hydrogen) atoms. The first-order valence-electron chi connectivity index (χ1n) is 8.32. The molecule has 0 spiro atoms. The Kier molecular flexibility index (Phi) is 4.97. The highest BCUT2D eigenvalue weighted by atomic mass is 19.4. The van der Waals surface area contributed by atoms with Crippen molar-refractivity contribution in [1.29, 1.82) is 0 Å². The van der Waals surface area contributed by atoms with Crippen molar-refractivity contribution in [2.45, 2.75) is 13.1 Å². The number of halogens is 3. The zero-order valence-electron chi connectivity index (χ0n) is 14.9. The number of nitrogens with zero attached hydrogens (tertiary/aromatic N) is 3. The van der Waals surface area contributed by atoms with Gasteiger partial charge in [-0.05, 0) is 18.2 Å². The number of rotatable bonds is 5. The van der Waals surface area contributed by atoms with Gasteiger partial charge in [-0.15, -0.1) is 0 Å². The van der Waals surface area contributed by atoms with Gasteiger partial charge in [-0.1, -0.05) is 30.8 Å². The lowest BCUT2D eigenvalue weighted by atomic mass is 9.81. The summed E-state index contributed by atoms with van der Waals surface area (Å²) in [5.41, 5.74) is 0.415. The summed E-state index contributed by atoms with van der Waals surface area (Å²) in [6.07, 6.45) is -3.46. The standard InChI is InChI=1S/C18H17F3N4O3/c1-3-13(26)25-9-17(2,10-25)8-22-15(27)12-6-4-11(5-7-12)14-23-16(28-24-14)18(19,20)21/h3-7H,1,8-10H2,2H3,(H,22,27). The molecule has 3 rings (SSSR count). The zero-order valence-corrected chi connectivity index (χ0v) is 14.9. The number of hydrogen-bond donors (Lipinski definition) is 1. The first-order valence-corrected chi connectivity index (χ1v) is 8.32. The van der Waals surface area contributed by atoms with Crippen LogP contribution in [0, 0.1) is 5.41 Å². The molecule has 1 aromatic heterocycles. The van der Waals surface area contributed by atoms with Gasteiger partial charge in [0.2, 0.25) is 11.7 Å². The number of carbonyl (C=O) groups is 2. The normalized spacial score (nSPS) is 15.6. The molecule has 1 saturated heterocycles. The minimum Gasteiger partial charge on any atom is -0.351 e. The van der Waals surface area contributed by atoms with Gasteiger partial charge in [-0.25, -0.2) is 0 Å². The molecule has 10 heteroatoms. The molecule has 2 aromatic rings. The van der Waals surface area contributed by atoms with Gasteiger partial charge < -0.3 is 14.7 Å². The fourth-order valence-electron chi connectivity index (χ4n) is 2.89. The number of benzene rings is 1. The van der Waals surface area contributed by atoms with Gasteiger partial charge in [0.05, 0.1) is 0 Å². The highest BCUT2D eigenvalue weighted by molar-refractivity contribution is 5.94. The van der Waals surface area contributed by atoms with Crippen LogP contribution in [0.3, 0.4) is 0 Å². The molecule has 148 valence electrons. The van der Waals surface area contributed by atoms with Crippen LogP contribution < -0.4 is 5.32 Å². The van der Waals surface area contributed by atoms with Gasteiger partial charge in [0, 0.05) is 36.2 Å². The summed E-state index contributed by atoms with van der Waals surface area (Å²) in [4.78, 5) is 28.7. The predicted molar refractivity (Wildman–Crippen MR) is 92.0 cm³/mol. The van der Waals surface area contributed by atoms with E-state index in [1.165, 1.54) is 30.3 Å². The van der Waals surface area contributed by atoms with Crippen LogP contribution in [0.15, 0.2) is 41.4 Å². The summed E-state index contributed by atoms with van der Waals surface area (Å²) in [5, 5.41) is 6.10. The highest BCUT2D eigenvalue weighted by Crippen LogP contribution is 2.30. The molecular formula is C18H17F3N4O3. The summed E-state index contributed by atoms with van der Waals surface area (Å²) in [6, 6.07) is 5.81. The van der Waals surface area contributed by atoms with E-state index in [9.17, 15) is 22.8 Å². The topological polar surface area (TPSA) is 88.3 Å². The molecule has 0 radical (unpaired) electrons. The second-order valence-electron chi connectivity index (χ2n) is 6.89. The molecule has 0 unspecified atom stereocenters. The lowest BCUT2D eigenvalue weighted by Crippen LogP contribution is -2.60. The number of hydrogen-bond acceptors (Lipinski definition) is 5. The zero-order chi connectivity index (χ0) is 20.5. The molecule has 0 atom stereocenters. The number of nitrogens with one attached hydrogen (secondary N) is 1. The van der Waals surface area contributed by atoms with Gasteiger partial charge in [0.15, 0.2) is 0 Å². The first-order chi connectivity index (χ1) is 13.1. The average molecular weight is 394 g/mol. The Morgan fingerprint density at radius 3 is 2.50 bits per heavy atom. The number of alkyl halides is 3. The molecule has 1 aliphatic rings. The number of carbonyl (C=O) groups excluding carboxylic acids is 2. The second-order valence-corrected chi connectivity index (χ2v) is 6.89. The van der Waals surface area contributed by atoms with Gasteiger partial charge >= 0.3 is 12.1 Å². The second kappa shape index (κ2) is 7.10. The number of likely N-dealkylation sites (tertiary alicyclic amines) is 1. The molecule has 1 N–H and O–H groups in total. The minimum atomic E-state index is -4.71. The maximum atomic E-state index is 12.5. The monoisotopic (exact) mass is 394 g/mol. The van der Waals surface area contributed by atoms with Crippen molar-refractivity contribution in [3.63, 3.8) is 0 Å². The lowest BCUT2D eigenvalue weighted by Gasteiger charge is -2.47. The SMILES string of the molecule is C=CC(=O)N1CC(C)(CNC(=O)c2ccc(-c3noc(C(F)(F)F)n3)cc2)C1. The Morgan fingerprint density at radius 2 is 1.96 bits per heavy atom. The van der Waals surface area contributed by atoms with Crippen molar-refractivity contribution in [2.24, 2.45) is 5.41 Å². The summed E-state index contributed by atoms with van der Waals surface area (Å²) in [6.45, 7) is 6.82. The number of aromatic nitrogens is 2. The summed E-state index contributed by atoms with van der Waals surface area (Å²) < 4.78 is 41.7. The fraction of sp³-hybridized carbons (Fsp3) is 0.333. The van der Waals surface area contributed by atoms with E-state index in [-0.39, 0.29) is 23.1 Å². The third kappa shape index (κ3) is 4.05. The van der Waals surface area contributed by atoms with Gasteiger partial charge in [0.1, 0.15) is 0 Å². The van der Waals surface area contributed by atoms with E-state index in [4.69, 9.17) is 0 Å². The minimum absolute atomic E-state index is 0.144. The fourth-order valence-corrected chi connectivity index (χ4v) is 2.89. The van der Waals surface area contributed by atoms with Crippen molar-refractivity contribution >= 4 is 11.8 Å². The van der Waals surface area contributed by atoms with Gasteiger partial charge in [0.25, 0.3) is 5.91 Å². The first kappa shape index (κ1) is 19.6. The van der Waals surface area contributed by atoms with E-state index in [1.807, 2.05) is 6.92 Å². The van der Waals surface area contributed by atoms with Crippen LogP contribution in [0.2, 0.25) is 0 Å². The van der Waals surface area contributed by atoms with E-state index in [1.54, 1.807) is 4.90 Å². The molecule has 0 saturated carbocycles. The Hall–Kier alpha value is -3.17. The van der Waals surface area contributed by atoms with Crippen molar-refractivity contribution in [1.82, 2.24) is 20.4 Å². The van der Waals surface area contributed by atoms with Crippen molar-refractivity contribution < 1.29 is 27.3 Å². The third-order valence-electron chi connectivity index (χ3n) is 4.38. The summed E-state index contributed by atoms with van der Waals surface area (Å²) in [5.74, 6) is -2.12. The molecule has 0 bridgehead atoms. The molecule has 0 aliphatic carbocycles. The van der Waals surface area contributed by atoms with Crippen LogP contribution in [0.25, 0.3) is 11.4 Å². The molecule has 1 fully saturated rings. The molecule has 1 aliphatic heterocycles. The summed E-state index contributed by atoms with van der Waals surface area (Å²) >= 11 is 0. The maximum Gasteiger partial charge on any atom is 0.471 e. The largest absolute Gasteiger partial charge is 0.471 e. The van der Waals surface area contributed by atoms with Crippen LogP contribution in [0.4, 0.5) is 13.2 Å². The maximum absolute atomic E-state index is 12.5. The van der Waals surface area contributed by atoms with Crippen molar-refractivity contribution in [2.75, 3.05) is 19.6 Å². The Balaban J connectivity index is 1.58. The van der Waals surface area contributed by atoms with Crippen molar-refractivity contribution in [3.05, 3.63) is 48.4 Å². The van der Waals surface area contributed by atoms with Crippen LogP contribution in [0.5, 0.6) is 0 Å². The number of amides is 2. The Bertz CT molecular complexity index is 900. The van der Waals surface area contributed by atoms with Gasteiger partial charge in [-0.2, -0.15) is 18.2 Å². The van der Waals surface area contributed by atoms with Crippen LogP contribution >= 0.6 is 0 Å². The van der Waals surface area contributed by atoms with Crippen LogP contribution in [-0.2, 0) is 11.0 Å². The Morgan fingerprint density at radius 1 is 1.32 bits per heavy atom. The predicted octanol–water partition coefficient (Wildman–Crippen LogP) is 2.52. The van der Waals surface area contributed by atoms with E-state index in [0.717, 1.165) is 0 Å². The molecule has 2 heterocycles. The lowest BCUT2D eigenvalue weighted by molar-refractivity contribution is -0.159.